The number of amides is 1. The van der Waals surface area contributed by atoms with Gasteiger partial charge < -0.3 is 19.1 Å². The van der Waals surface area contributed by atoms with E-state index in [0.717, 1.165) is 29.6 Å². The molecule has 9 heteroatoms. The van der Waals surface area contributed by atoms with Crippen molar-refractivity contribution < 1.29 is 13.9 Å². The summed E-state index contributed by atoms with van der Waals surface area (Å²) < 4.78 is 21.7. The minimum absolute atomic E-state index is 0.0177. The fourth-order valence-electron chi connectivity index (χ4n) is 4.73. The standard InChI is InChI=1S/C26H29FN6O2/c1-16-13-31(25(34)35-26(2,3)4)7-8-32(16)23-22-21(18-5-6-18)14-33(24(22)30-15-29-23)20-10-17(12-28)9-19(27)11-20/h9-11,14-16,18H,5-8,13H2,1-4H3/t16-/m0/s1. The first kappa shape index (κ1) is 23.1. The van der Waals surface area contributed by atoms with Gasteiger partial charge in [-0.25, -0.2) is 19.2 Å². The molecular weight excluding hydrogens is 447 g/mol. The predicted molar refractivity (Wildman–Crippen MR) is 130 cm³/mol. The average Bonchev–Trinajstić information content (AvgIpc) is 3.57. The van der Waals surface area contributed by atoms with Crippen LogP contribution in [0.25, 0.3) is 16.7 Å². The van der Waals surface area contributed by atoms with Crippen molar-refractivity contribution in [3.63, 3.8) is 0 Å². The molecule has 8 nitrogen and oxygen atoms in total. The SMILES string of the molecule is C[C@H]1CN(C(=O)OC(C)(C)C)CCN1c1ncnc2c1c(C1CC1)cn2-c1cc(F)cc(C#N)c1. The second-order valence-electron chi connectivity index (χ2n) is 10.4. The van der Waals surface area contributed by atoms with Crippen molar-refractivity contribution >= 4 is 22.9 Å². The van der Waals surface area contributed by atoms with E-state index in [1.165, 1.54) is 18.5 Å². The van der Waals surface area contributed by atoms with E-state index >= 15 is 0 Å². The normalized spacial score (nSPS) is 18.6. The summed E-state index contributed by atoms with van der Waals surface area (Å²) in [6, 6.07) is 6.36. The van der Waals surface area contributed by atoms with Crippen LogP contribution in [-0.2, 0) is 4.74 Å². The fraction of sp³-hybridized carbons (Fsp3) is 0.462. The highest BCUT2D eigenvalue weighted by atomic mass is 19.1. The zero-order valence-electron chi connectivity index (χ0n) is 20.5. The summed E-state index contributed by atoms with van der Waals surface area (Å²) in [4.78, 5) is 25.8. The van der Waals surface area contributed by atoms with Crippen molar-refractivity contribution in [2.45, 2.75) is 58.1 Å². The van der Waals surface area contributed by atoms with Crippen LogP contribution in [0.2, 0.25) is 0 Å². The van der Waals surface area contributed by atoms with Gasteiger partial charge in [0.25, 0.3) is 0 Å². The van der Waals surface area contributed by atoms with E-state index in [1.54, 1.807) is 11.0 Å². The topological polar surface area (TPSA) is 87.3 Å². The summed E-state index contributed by atoms with van der Waals surface area (Å²) >= 11 is 0. The number of aromatic nitrogens is 3. The molecule has 35 heavy (non-hydrogen) atoms. The molecule has 2 aliphatic rings. The molecule has 1 amide bonds. The van der Waals surface area contributed by atoms with E-state index in [4.69, 9.17) is 4.74 Å². The van der Waals surface area contributed by atoms with Gasteiger partial charge in [-0.2, -0.15) is 5.26 Å². The van der Waals surface area contributed by atoms with Gasteiger partial charge in [0.1, 0.15) is 29.2 Å². The van der Waals surface area contributed by atoms with Gasteiger partial charge in [-0.1, -0.05) is 0 Å². The maximum absolute atomic E-state index is 14.3. The molecule has 1 aromatic carbocycles. The molecule has 3 aromatic rings. The van der Waals surface area contributed by atoms with Crippen LogP contribution in [0.1, 0.15) is 57.6 Å². The van der Waals surface area contributed by atoms with Crippen molar-refractivity contribution in [2.75, 3.05) is 24.5 Å². The number of halogens is 1. The number of piperazine rings is 1. The van der Waals surface area contributed by atoms with Gasteiger partial charge >= 0.3 is 6.09 Å². The van der Waals surface area contributed by atoms with Crippen molar-refractivity contribution in [1.29, 1.82) is 5.26 Å². The third kappa shape index (κ3) is 4.53. The number of ether oxygens (including phenoxy) is 1. The fourth-order valence-corrected chi connectivity index (χ4v) is 4.73. The molecule has 1 saturated carbocycles. The molecule has 0 unspecified atom stereocenters. The lowest BCUT2D eigenvalue weighted by Crippen LogP contribution is -2.54. The first-order chi connectivity index (χ1) is 16.6. The summed E-state index contributed by atoms with van der Waals surface area (Å²) in [5, 5.41) is 10.3. The molecule has 0 N–H and O–H groups in total. The van der Waals surface area contributed by atoms with E-state index in [-0.39, 0.29) is 17.7 Å². The van der Waals surface area contributed by atoms with E-state index in [2.05, 4.69) is 21.8 Å². The zero-order chi connectivity index (χ0) is 24.9. The summed E-state index contributed by atoms with van der Waals surface area (Å²) in [6.45, 7) is 9.33. The lowest BCUT2D eigenvalue weighted by Gasteiger charge is -2.41. The van der Waals surface area contributed by atoms with Crippen LogP contribution in [0.3, 0.4) is 0 Å². The lowest BCUT2D eigenvalue weighted by atomic mass is 10.1. The Morgan fingerprint density at radius 2 is 1.97 bits per heavy atom. The third-order valence-electron chi connectivity index (χ3n) is 6.45. The van der Waals surface area contributed by atoms with Gasteiger partial charge in [-0.15, -0.1) is 0 Å². The summed E-state index contributed by atoms with van der Waals surface area (Å²) in [6.07, 6.45) is 5.41. The van der Waals surface area contributed by atoms with Crippen LogP contribution in [-0.4, -0.2) is 56.8 Å². The molecule has 182 valence electrons. The first-order valence-corrected chi connectivity index (χ1v) is 12.0. The highest BCUT2D eigenvalue weighted by Gasteiger charge is 2.34. The number of hydrogen-bond donors (Lipinski definition) is 0. The smallest absolute Gasteiger partial charge is 0.410 e. The Bertz CT molecular complexity index is 1330. The summed E-state index contributed by atoms with van der Waals surface area (Å²) in [5.74, 6) is 0.768. The maximum Gasteiger partial charge on any atom is 0.410 e. The van der Waals surface area contributed by atoms with Crippen molar-refractivity contribution in [3.05, 3.63) is 47.7 Å². The highest BCUT2D eigenvalue weighted by Crippen LogP contribution is 2.46. The summed E-state index contributed by atoms with van der Waals surface area (Å²) in [7, 11) is 0. The van der Waals surface area contributed by atoms with Crippen molar-refractivity contribution in [1.82, 2.24) is 19.4 Å². The molecule has 0 radical (unpaired) electrons. The number of hydrogen-bond acceptors (Lipinski definition) is 6. The average molecular weight is 477 g/mol. The van der Waals surface area contributed by atoms with Crippen LogP contribution < -0.4 is 4.90 Å². The molecule has 2 fully saturated rings. The molecule has 1 saturated heterocycles. The Labute approximate surface area is 203 Å². The number of nitriles is 1. The van der Waals surface area contributed by atoms with Gasteiger partial charge in [-0.3, -0.25) is 0 Å². The van der Waals surface area contributed by atoms with E-state index in [9.17, 15) is 14.4 Å². The van der Waals surface area contributed by atoms with Crippen LogP contribution in [0.15, 0.2) is 30.7 Å². The third-order valence-corrected chi connectivity index (χ3v) is 6.45. The number of rotatable bonds is 3. The van der Waals surface area contributed by atoms with E-state index < -0.39 is 11.4 Å². The van der Waals surface area contributed by atoms with Crippen LogP contribution in [0.5, 0.6) is 0 Å². The zero-order valence-corrected chi connectivity index (χ0v) is 20.5. The second-order valence-corrected chi connectivity index (χ2v) is 10.4. The molecule has 1 aliphatic carbocycles. The minimum Gasteiger partial charge on any atom is -0.444 e. The van der Waals surface area contributed by atoms with Gasteiger partial charge in [0.2, 0.25) is 0 Å². The van der Waals surface area contributed by atoms with Crippen LogP contribution >= 0.6 is 0 Å². The van der Waals surface area contributed by atoms with Crippen molar-refractivity contribution in [3.8, 4) is 11.8 Å². The van der Waals surface area contributed by atoms with Gasteiger partial charge in [-0.05, 0) is 70.2 Å². The number of carbonyl (C=O) groups is 1. The molecule has 1 aliphatic heterocycles. The van der Waals surface area contributed by atoms with Crippen LogP contribution in [0, 0.1) is 17.1 Å². The van der Waals surface area contributed by atoms with Gasteiger partial charge in [0.05, 0.1) is 22.7 Å². The predicted octanol–water partition coefficient (Wildman–Crippen LogP) is 4.75. The quantitative estimate of drug-likeness (QED) is 0.542. The van der Waals surface area contributed by atoms with Crippen LogP contribution in [0.4, 0.5) is 15.0 Å². The Morgan fingerprint density at radius 3 is 2.63 bits per heavy atom. The Morgan fingerprint density at radius 1 is 1.20 bits per heavy atom. The Balaban J connectivity index is 1.53. The molecule has 1 atom stereocenters. The summed E-state index contributed by atoms with van der Waals surface area (Å²) in [5.41, 5.74) is 2.11. The van der Waals surface area contributed by atoms with Gasteiger partial charge in [0.15, 0.2) is 0 Å². The molecule has 5 rings (SSSR count). The Hall–Kier alpha value is -3.67. The monoisotopic (exact) mass is 476 g/mol. The number of benzene rings is 1. The van der Waals surface area contributed by atoms with E-state index in [1.807, 2.05) is 37.6 Å². The molecule has 3 heterocycles. The van der Waals surface area contributed by atoms with Gasteiger partial charge in [0, 0.05) is 31.9 Å². The molecular formula is C26H29FN6O2. The maximum atomic E-state index is 14.3. The molecule has 0 bridgehead atoms. The number of fused-ring (bicyclic) bond motifs is 1. The number of anilines is 1. The van der Waals surface area contributed by atoms with E-state index in [0.29, 0.717) is 36.9 Å². The number of nitrogens with zero attached hydrogens (tertiary/aromatic N) is 6. The highest BCUT2D eigenvalue weighted by molar-refractivity contribution is 5.93. The largest absolute Gasteiger partial charge is 0.444 e. The van der Waals surface area contributed by atoms with Crippen molar-refractivity contribution in [2.24, 2.45) is 0 Å². The minimum atomic E-state index is -0.541. The Kier molecular flexibility index (Phi) is 5.62. The first-order valence-electron chi connectivity index (χ1n) is 12.0. The molecule has 2 aromatic heterocycles. The molecule has 0 spiro atoms. The second kappa shape index (κ2) is 8.52. The number of carbonyl (C=O) groups excluding carboxylic acids is 1. The lowest BCUT2D eigenvalue weighted by molar-refractivity contribution is 0.0218.